The number of urea groups is 1. The fourth-order valence-electron chi connectivity index (χ4n) is 6.53. The number of phenols is 1. The summed E-state index contributed by atoms with van der Waals surface area (Å²) in [5.41, 5.74) is 2.54. The minimum absolute atomic E-state index is 0.0129. The number of carbonyl (C=O) groups excluding carboxylic acids is 4. The van der Waals surface area contributed by atoms with Crippen molar-refractivity contribution in [1.82, 2.24) is 15.1 Å². The van der Waals surface area contributed by atoms with E-state index in [0.29, 0.717) is 37.4 Å². The average Bonchev–Trinajstić information content (AvgIpc) is 2.90. The van der Waals surface area contributed by atoms with Crippen molar-refractivity contribution in [2.24, 2.45) is 17.6 Å². The predicted molar refractivity (Wildman–Crippen MR) is 138 cm³/mol. The van der Waals surface area contributed by atoms with E-state index in [1.54, 1.807) is 25.1 Å². The molecule has 0 unspecified atom stereocenters. The molecule has 7 N–H and O–H groups in total. The normalized spacial score (nSPS) is 28.3. The molecule has 0 radical (unpaired) electrons. The van der Waals surface area contributed by atoms with E-state index < -0.39 is 58.0 Å². The Morgan fingerprint density at radius 1 is 1.18 bits per heavy atom. The van der Waals surface area contributed by atoms with Crippen molar-refractivity contribution in [2.75, 3.05) is 40.4 Å². The highest BCUT2D eigenvalue weighted by molar-refractivity contribution is 6.24. The minimum atomic E-state index is -2.69. The molecule has 4 aliphatic rings. The maximum atomic E-state index is 13.8. The van der Waals surface area contributed by atoms with Crippen molar-refractivity contribution < 1.29 is 44.3 Å². The Kier molecular flexibility index (Phi) is 6.84. The van der Waals surface area contributed by atoms with Gasteiger partial charge in [-0.05, 0) is 50.0 Å². The summed E-state index contributed by atoms with van der Waals surface area (Å²) in [7, 11) is 3.14. The molecule has 1 fully saturated rings. The Morgan fingerprint density at radius 2 is 1.85 bits per heavy atom. The number of likely N-dealkylation sites (N-methyl/N-ethyl adjacent to an activating group) is 1. The van der Waals surface area contributed by atoms with Crippen LogP contribution in [-0.4, -0.2) is 106 Å². The first-order valence-corrected chi connectivity index (χ1v) is 13.0. The second-order valence-electron chi connectivity index (χ2n) is 10.8. The van der Waals surface area contributed by atoms with Gasteiger partial charge in [-0.2, -0.15) is 0 Å². The van der Waals surface area contributed by atoms with Crippen LogP contribution in [0, 0.1) is 11.8 Å². The zero-order chi connectivity index (χ0) is 29.1. The van der Waals surface area contributed by atoms with Gasteiger partial charge in [0.1, 0.15) is 22.8 Å². The first-order valence-electron chi connectivity index (χ1n) is 13.0. The van der Waals surface area contributed by atoms with Gasteiger partial charge in [0.25, 0.3) is 5.91 Å². The number of amides is 3. The van der Waals surface area contributed by atoms with Gasteiger partial charge < -0.3 is 41.1 Å². The maximum absolute atomic E-state index is 13.8. The number of allylic oxidation sites excluding steroid dienone is 1. The number of Topliss-reactive ketones (excluding diaryl/α,β-unsaturated/α-hetero) is 2. The van der Waals surface area contributed by atoms with E-state index in [1.165, 1.54) is 11.0 Å². The van der Waals surface area contributed by atoms with Crippen LogP contribution in [0.4, 0.5) is 4.79 Å². The Labute approximate surface area is 229 Å². The number of primary amides is 1. The molecule has 1 aromatic carbocycles. The number of hydrogen-bond acceptors (Lipinski definition) is 10. The molecule has 4 atom stereocenters. The number of phenolic OH excluding ortho intramolecular Hbond substituents is 1. The SMILES string of the molecule is CN(C)[C@@H]1C(O)=C(C(N)=O)C(=O)[C@@]2(O)C(O)=C3C(=O)c4c(O)ccc(CNC(=O)N5CCOCC5)c4C[C@H]3C[C@@H]12. The van der Waals surface area contributed by atoms with Crippen LogP contribution in [0.2, 0.25) is 0 Å². The van der Waals surface area contributed by atoms with Gasteiger partial charge in [0.15, 0.2) is 11.4 Å². The Morgan fingerprint density at radius 3 is 2.48 bits per heavy atom. The van der Waals surface area contributed by atoms with Gasteiger partial charge in [0, 0.05) is 31.1 Å². The minimum Gasteiger partial charge on any atom is -0.510 e. The topological polar surface area (TPSA) is 203 Å². The molecule has 1 heterocycles. The van der Waals surface area contributed by atoms with E-state index in [0.717, 1.165) is 0 Å². The number of aromatic hydroxyl groups is 1. The van der Waals surface area contributed by atoms with Crippen LogP contribution in [0.1, 0.15) is 27.9 Å². The summed E-state index contributed by atoms with van der Waals surface area (Å²) < 4.78 is 5.27. The smallest absolute Gasteiger partial charge is 0.317 e. The van der Waals surface area contributed by atoms with E-state index in [-0.39, 0.29) is 42.3 Å². The van der Waals surface area contributed by atoms with E-state index in [1.807, 2.05) is 0 Å². The van der Waals surface area contributed by atoms with Crippen LogP contribution >= 0.6 is 0 Å². The summed E-state index contributed by atoms with van der Waals surface area (Å²) in [6, 6.07) is 1.55. The van der Waals surface area contributed by atoms with Crippen molar-refractivity contribution in [1.29, 1.82) is 0 Å². The molecule has 13 heteroatoms. The lowest BCUT2D eigenvalue weighted by Crippen LogP contribution is -2.63. The summed E-state index contributed by atoms with van der Waals surface area (Å²) in [5.74, 6) is -7.04. The molecule has 0 aromatic heterocycles. The number of ketones is 2. The van der Waals surface area contributed by atoms with E-state index in [2.05, 4.69) is 5.32 Å². The number of morpholine rings is 1. The highest BCUT2D eigenvalue weighted by Gasteiger charge is 2.63. The third kappa shape index (κ3) is 4.03. The number of nitrogens with zero attached hydrogens (tertiary/aromatic N) is 2. The fourth-order valence-corrected chi connectivity index (χ4v) is 6.53. The van der Waals surface area contributed by atoms with Gasteiger partial charge in [-0.25, -0.2) is 4.79 Å². The zero-order valence-electron chi connectivity index (χ0n) is 22.1. The summed E-state index contributed by atoms with van der Waals surface area (Å²) in [5, 5.41) is 47.4. The first kappa shape index (κ1) is 27.6. The number of hydrogen-bond donors (Lipinski definition) is 6. The lowest BCUT2D eigenvalue weighted by atomic mass is 9.58. The molecule has 5 rings (SSSR count). The Bertz CT molecular complexity index is 1380. The first-order chi connectivity index (χ1) is 18.9. The van der Waals surface area contributed by atoms with Crippen LogP contribution in [-0.2, 0) is 27.3 Å². The van der Waals surface area contributed by atoms with E-state index >= 15 is 0 Å². The van der Waals surface area contributed by atoms with Crippen molar-refractivity contribution in [3.63, 3.8) is 0 Å². The number of ether oxygens (including phenoxy) is 1. The second kappa shape index (κ2) is 9.91. The number of rotatable bonds is 4. The lowest BCUT2D eigenvalue weighted by molar-refractivity contribution is -0.148. The number of nitrogens with two attached hydrogens (primary N) is 1. The highest BCUT2D eigenvalue weighted by Crippen LogP contribution is 2.52. The number of fused-ring (bicyclic) bond motifs is 3. The standard InChI is InChI=1S/C27H32N4O9/c1-30(2)20-15-10-13-9-14-12(11-29-26(38)31-5-7-40-8-6-31)3-4-16(32)18(14)21(33)17(13)23(35)27(15,39)24(36)19(22(20)34)25(28)37/h3-4,13,15,20,32,34-35,39H,5-11H2,1-2H3,(H2,28,37)(H,29,38)/t13-,15-,20-,27-/m0/s1. The molecule has 13 nitrogen and oxygen atoms in total. The number of aliphatic hydroxyl groups is 3. The lowest BCUT2D eigenvalue weighted by Gasteiger charge is -2.50. The van der Waals surface area contributed by atoms with Crippen LogP contribution in [0.15, 0.2) is 34.8 Å². The molecule has 1 aliphatic heterocycles. The summed E-state index contributed by atoms with van der Waals surface area (Å²) >= 11 is 0. The van der Waals surface area contributed by atoms with Crippen molar-refractivity contribution in [2.45, 2.75) is 31.0 Å². The number of carbonyl (C=O) groups is 4. The zero-order valence-corrected chi connectivity index (χ0v) is 22.1. The molecule has 214 valence electrons. The third-order valence-corrected chi connectivity index (χ3v) is 8.43. The molecule has 0 bridgehead atoms. The van der Waals surface area contributed by atoms with E-state index in [9.17, 15) is 39.6 Å². The van der Waals surface area contributed by atoms with Crippen molar-refractivity contribution in [3.8, 4) is 5.75 Å². The molecular weight excluding hydrogens is 524 g/mol. The van der Waals surface area contributed by atoms with Gasteiger partial charge in [-0.15, -0.1) is 0 Å². The number of benzene rings is 1. The molecule has 3 aliphatic carbocycles. The van der Waals surface area contributed by atoms with Gasteiger partial charge >= 0.3 is 6.03 Å². The quantitative estimate of drug-likeness (QED) is 0.266. The van der Waals surface area contributed by atoms with Gasteiger partial charge in [-0.1, -0.05) is 6.07 Å². The molecule has 0 spiro atoms. The molecule has 1 aromatic rings. The Balaban J connectivity index is 1.55. The largest absolute Gasteiger partial charge is 0.510 e. The molecule has 1 saturated heterocycles. The van der Waals surface area contributed by atoms with Crippen molar-refractivity contribution in [3.05, 3.63) is 51.5 Å². The van der Waals surface area contributed by atoms with Crippen LogP contribution in [0.25, 0.3) is 0 Å². The van der Waals surface area contributed by atoms with Crippen LogP contribution < -0.4 is 11.1 Å². The second-order valence-corrected chi connectivity index (χ2v) is 10.8. The van der Waals surface area contributed by atoms with Crippen molar-refractivity contribution >= 4 is 23.5 Å². The predicted octanol–water partition coefficient (Wildman–Crippen LogP) is -0.338. The molecule has 40 heavy (non-hydrogen) atoms. The van der Waals surface area contributed by atoms with Crippen LogP contribution in [0.5, 0.6) is 5.75 Å². The molecule has 0 saturated carbocycles. The number of nitrogens with one attached hydrogen (secondary N) is 1. The molecular formula is C27H32N4O9. The van der Waals surface area contributed by atoms with Gasteiger partial charge in [-0.3, -0.25) is 19.3 Å². The third-order valence-electron chi connectivity index (χ3n) is 8.43. The van der Waals surface area contributed by atoms with Gasteiger partial charge in [0.2, 0.25) is 5.78 Å². The summed E-state index contributed by atoms with van der Waals surface area (Å²) in [4.78, 5) is 55.0. The maximum Gasteiger partial charge on any atom is 0.317 e. The van der Waals surface area contributed by atoms with E-state index in [4.69, 9.17) is 10.5 Å². The molecule has 3 amide bonds. The highest BCUT2D eigenvalue weighted by atomic mass is 16.5. The monoisotopic (exact) mass is 556 g/mol. The average molecular weight is 557 g/mol. The Hall–Kier alpha value is -3.94. The summed E-state index contributed by atoms with van der Waals surface area (Å²) in [6.45, 7) is 1.84. The van der Waals surface area contributed by atoms with Crippen LogP contribution in [0.3, 0.4) is 0 Å². The number of aliphatic hydroxyl groups excluding tert-OH is 2. The van der Waals surface area contributed by atoms with Gasteiger partial charge in [0.05, 0.1) is 24.8 Å². The fraction of sp³-hybridized carbons (Fsp3) is 0.481. The summed E-state index contributed by atoms with van der Waals surface area (Å²) in [6.07, 6.45) is 0.132.